The Balaban J connectivity index is 2.16. The average molecular weight is 274 g/mol. The minimum absolute atomic E-state index is 0.0904. The molecule has 0 spiro atoms. The highest BCUT2D eigenvalue weighted by Gasteiger charge is 2.42. The van der Waals surface area contributed by atoms with Crippen molar-refractivity contribution in [3.8, 4) is 0 Å². The fourth-order valence-corrected chi connectivity index (χ4v) is 5.35. The van der Waals surface area contributed by atoms with Crippen molar-refractivity contribution >= 4 is 9.84 Å². The number of hydrogen-bond acceptors (Lipinski definition) is 2. The van der Waals surface area contributed by atoms with E-state index in [2.05, 4.69) is 26.0 Å². The summed E-state index contributed by atoms with van der Waals surface area (Å²) in [7, 11) is -3.34. The summed E-state index contributed by atoms with van der Waals surface area (Å²) in [6.45, 7) is 4.18. The smallest absolute Gasteiger partial charge is 0.203 e. The summed E-state index contributed by atoms with van der Waals surface area (Å²) in [5.74, 6) is 0.708. The molecular weight excluding hydrogens is 256 g/mol. The van der Waals surface area contributed by atoms with E-state index in [1.54, 1.807) is 24.3 Å². The lowest BCUT2D eigenvalue weighted by atomic mass is 9.93. The van der Waals surface area contributed by atoms with Crippen LogP contribution in [0.25, 0.3) is 0 Å². The molecule has 1 aromatic rings. The lowest BCUT2D eigenvalue weighted by Gasteiger charge is -2.19. The van der Waals surface area contributed by atoms with Gasteiger partial charge in [-0.05, 0) is 30.0 Å². The summed E-state index contributed by atoms with van der Waals surface area (Å²) in [5, 5.41) is 0. The van der Waals surface area contributed by atoms with Crippen LogP contribution in [-0.4, -0.2) is 8.42 Å². The number of benzene rings is 1. The summed E-state index contributed by atoms with van der Waals surface area (Å²) in [5.41, 5.74) is 1.12. The predicted molar refractivity (Wildman–Crippen MR) is 76.2 cm³/mol. The van der Waals surface area contributed by atoms with E-state index < -0.39 is 9.84 Å². The second kappa shape index (κ2) is 4.34. The van der Waals surface area contributed by atoms with Crippen LogP contribution in [0.15, 0.2) is 57.9 Å². The number of hydrogen-bond donors (Lipinski definition) is 0. The van der Waals surface area contributed by atoms with Gasteiger partial charge in [-0.3, -0.25) is 0 Å². The van der Waals surface area contributed by atoms with E-state index in [4.69, 9.17) is 0 Å². The van der Waals surface area contributed by atoms with Gasteiger partial charge in [0.05, 0.1) is 9.80 Å². The number of rotatable bonds is 3. The SMILES string of the molecule is CC(C)C1=C(S(=O)(=O)c2ccccc2)C2C=CC1C2. The molecule has 0 saturated heterocycles. The van der Waals surface area contributed by atoms with Crippen molar-refractivity contribution in [3.63, 3.8) is 0 Å². The molecule has 0 heterocycles. The van der Waals surface area contributed by atoms with Crippen LogP contribution in [0, 0.1) is 17.8 Å². The van der Waals surface area contributed by atoms with Gasteiger partial charge in [-0.2, -0.15) is 0 Å². The van der Waals surface area contributed by atoms with Crippen LogP contribution in [0.5, 0.6) is 0 Å². The predicted octanol–water partition coefficient (Wildman–Crippen LogP) is 3.58. The summed E-state index contributed by atoms with van der Waals surface area (Å²) in [4.78, 5) is 1.09. The van der Waals surface area contributed by atoms with Crippen LogP contribution in [0.1, 0.15) is 20.3 Å². The van der Waals surface area contributed by atoms with E-state index >= 15 is 0 Å². The van der Waals surface area contributed by atoms with Gasteiger partial charge in [-0.15, -0.1) is 0 Å². The van der Waals surface area contributed by atoms with E-state index in [1.807, 2.05) is 6.07 Å². The molecule has 2 bridgehead atoms. The van der Waals surface area contributed by atoms with Crippen molar-refractivity contribution in [1.29, 1.82) is 0 Å². The highest BCUT2D eigenvalue weighted by molar-refractivity contribution is 7.95. The van der Waals surface area contributed by atoms with E-state index in [9.17, 15) is 8.42 Å². The highest BCUT2D eigenvalue weighted by Crippen LogP contribution is 2.49. The highest BCUT2D eigenvalue weighted by atomic mass is 32.2. The van der Waals surface area contributed by atoms with Gasteiger partial charge in [0.2, 0.25) is 9.84 Å². The van der Waals surface area contributed by atoms with Crippen LogP contribution >= 0.6 is 0 Å². The summed E-state index contributed by atoms with van der Waals surface area (Å²) in [6.07, 6.45) is 5.17. The van der Waals surface area contributed by atoms with Gasteiger partial charge >= 0.3 is 0 Å². The Morgan fingerprint density at radius 1 is 1.05 bits per heavy atom. The van der Waals surface area contributed by atoms with Gasteiger partial charge in [0.1, 0.15) is 0 Å². The molecule has 1 aromatic carbocycles. The first-order valence-electron chi connectivity index (χ1n) is 6.74. The van der Waals surface area contributed by atoms with E-state index in [0.717, 1.165) is 12.0 Å². The Bertz CT molecular complexity index is 651. The molecular formula is C16H18O2S. The third-order valence-electron chi connectivity index (χ3n) is 4.07. The maximum absolute atomic E-state index is 12.8. The van der Waals surface area contributed by atoms with Gasteiger partial charge in [-0.1, -0.05) is 44.2 Å². The topological polar surface area (TPSA) is 34.1 Å². The summed E-state index contributed by atoms with van der Waals surface area (Å²) >= 11 is 0. The number of sulfone groups is 1. The molecule has 2 atom stereocenters. The van der Waals surface area contributed by atoms with Crippen molar-refractivity contribution in [3.05, 3.63) is 53.0 Å². The molecule has 0 amide bonds. The van der Waals surface area contributed by atoms with Gasteiger partial charge in [-0.25, -0.2) is 8.42 Å². The molecule has 3 heteroatoms. The second-order valence-electron chi connectivity index (χ2n) is 5.62. The van der Waals surface area contributed by atoms with Crippen molar-refractivity contribution < 1.29 is 8.42 Å². The molecule has 3 rings (SSSR count). The van der Waals surface area contributed by atoms with Crippen molar-refractivity contribution in [2.24, 2.45) is 17.8 Å². The number of allylic oxidation sites excluding steroid dienone is 4. The molecule has 0 aliphatic heterocycles. The first-order valence-corrected chi connectivity index (χ1v) is 8.22. The second-order valence-corrected chi connectivity index (χ2v) is 7.54. The lowest BCUT2D eigenvalue weighted by Crippen LogP contribution is -2.14. The van der Waals surface area contributed by atoms with Gasteiger partial charge < -0.3 is 0 Å². The molecule has 0 fully saturated rings. The van der Waals surface area contributed by atoms with Crippen molar-refractivity contribution in [2.75, 3.05) is 0 Å². The molecule has 100 valence electrons. The van der Waals surface area contributed by atoms with Crippen LogP contribution in [-0.2, 0) is 9.84 Å². The first-order chi connectivity index (χ1) is 9.01. The fraction of sp³-hybridized carbons (Fsp3) is 0.375. The van der Waals surface area contributed by atoms with Crippen LogP contribution < -0.4 is 0 Å². The zero-order valence-electron chi connectivity index (χ0n) is 11.2. The molecule has 2 aliphatic carbocycles. The van der Waals surface area contributed by atoms with E-state index in [-0.39, 0.29) is 11.8 Å². The van der Waals surface area contributed by atoms with Crippen molar-refractivity contribution in [2.45, 2.75) is 25.2 Å². The fourth-order valence-electron chi connectivity index (χ4n) is 3.31. The standard InChI is InChI=1S/C16H18O2S/c1-11(2)15-12-8-9-13(10-12)16(15)19(17,18)14-6-4-3-5-7-14/h3-9,11-13H,10H2,1-2H3. The molecule has 0 N–H and O–H groups in total. The van der Waals surface area contributed by atoms with Crippen molar-refractivity contribution in [1.82, 2.24) is 0 Å². The Labute approximate surface area is 114 Å². The van der Waals surface area contributed by atoms with Gasteiger partial charge in [0.15, 0.2) is 0 Å². The largest absolute Gasteiger partial charge is 0.219 e. The third kappa shape index (κ3) is 1.88. The molecule has 2 unspecified atom stereocenters. The quantitative estimate of drug-likeness (QED) is 0.790. The Morgan fingerprint density at radius 3 is 2.32 bits per heavy atom. The maximum atomic E-state index is 12.8. The number of fused-ring (bicyclic) bond motifs is 2. The summed E-state index contributed by atoms with van der Waals surface area (Å²) in [6, 6.07) is 8.79. The van der Waals surface area contributed by atoms with E-state index in [1.165, 1.54) is 0 Å². The Kier molecular flexibility index (Phi) is 2.90. The monoisotopic (exact) mass is 274 g/mol. The summed E-state index contributed by atoms with van der Waals surface area (Å²) < 4.78 is 25.7. The molecule has 19 heavy (non-hydrogen) atoms. The third-order valence-corrected chi connectivity index (χ3v) is 6.08. The molecule has 0 saturated carbocycles. The Hall–Kier alpha value is -1.35. The van der Waals surface area contributed by atoms with Crippen LogP contribution in [0.4, 0.5) is 0 Å². The minimum Gasteiger partial charge on any atom is -0.219 e. The normalized spacial score (nSPS) is 25.6. The zero-order chi connectivity index (χ0) is 13.6. The maximum Gasteiger partial charge on any atom is 0.203 e. The van der Waals surface area contributed by atoms with E-state index in [0.29, 0.717) is 15.7 Å². The molecule has 2 nitrogen and oxygen atoms in total. The molecule has 0 aromatic heterocycles. The molecule has 0 radical (unpaired) electrons. The van der Waals surface area contributed by atoms with Crippen LogP contribution in [0.3, 0.4) is 0 Å². The van der Waals surface area contributed by atoms with Crippen LogP contribution in [0.2, 0.25) is 0 Å². The zero-order valence-corrected chi connectivity index (χ0v) is 12.0. The first kappa shape index (κ1) is 12.7. The van der Waals surface area contributed by atoms with Gasteiger partial charge in [0.25, 0.3) is 0 Å². The molecule has 2 aliphatic rings. The van der Waals surface area contributed by atoms with Gasteiger partial charge in [0, 0.05) is 11.8 Å². The minimum atomic E-state index is -3.34. The lowest BCUT2D eigenvalue weighted by molar-refractivity contribution is 0.596. The average Bonchev–Trinajstić information content (AvgIpc) is 3.00. The Morgan fingerprint density at radius 2 is 1.68 bits per heavy atom.